The van der Waals surface area contributed by atoms with Gasteiger partial charge in [0.05, 0.1) is 5.56 Å². The van der Waals surface area contributed by atoms with Crippen LogP contribution in [0.15, 0.2) is 60.2 Å². The topological polar surface area (TPSA) is 50.1 Å². The number of hydrogen-bond acceptors (Lipinski definition) is 3. The Hall–Kier alpha value is -3.07. The van der Waals surface area contributed by atoms with Crippen molar-refractivity contribution >= 4 is 12.0 Å². The molecule has 2 rings (SSSR count). The van der Waals surface area contributed by atoms with Crippen molar-refractivity contribution in [2.45, 2.75) is 12.8 Å². The maximum absolute atomic E-state index is 12.7. The zero-order valence-corrected chi connectivity index (χ0v) is 12.4. The molecule has 0 bridgehead atoms. The van der Waals surface area contributed by atoms with Crippen LogP contribution in [0, 0.1) is 11.3 Å². The first-order valence-corrected chi connectivity index (χ1v) is 6.90. The number of nitrogens with zero attached hydrogens (tertiary/aromatic N) is 1. The lowest BCUT2D eigenvalue weighted by Crippen LogP contribution is -2.07. The molecule has 0 aliphatic heterocycles. The maximum atomic E-state index is 12.7. The van der Waals surface area contributed by atoms with E-state index in [-0.39, 0.29) is 17.7 Å². The highest BCUT2D eigenvalue weighted by atomic mass is 19.4. The van der Waals surface area contributed by atoms with E-state index in [0.29, 0.717) is 0 Å². The zero-order chi connectivity index (χ0) is 17.6. The molecule has 0 saturated heterocycles. The SMILES string of the molecule is N#CC(=Cc1cccc(C(F)(F)F)c1)C(=O)OCc1ccccc1. The summed E-state index contributed by atoms with van der Waals surface area (Å²) in [4.78, 5) is 11.9. The molecule has 0 heterocycles. The van der Waals surface area contributed by atoms with Gasteiger partial charge < -0.3 is 4.74 Å². The second-order valence-corrected chi connectivity index (χ2v) is 4.85. The van der Waals surface area contributed by atoms with Crippen LogP contribution in [0.3, 0.4) is 0 Å². The Morgan fingerprint density at radius 1 is 1.12 bits per heavy atom. The van der Waals surface area contributed by atoms with Crippen LogP contribution in [0.1, 0.15) is 16.7 Å². The summed E-state index contributed by atoms with van der Waals surface area (Å²) in [6.45, 7) is -0.0265. The molecule has 24 heavy (non-hydrogen) atoms. The third-order valence-corrected chi connectivity index (χ3v) is 3.08. The van der Waals surface area contributed by atoms with Gasteiger partial charge in [0.15, 0.2) is 0 Å². The first kappa shape index (κ1) is 17.3. The fourth-order valence-electron chi connectivity index (χ4n) is 1.91. The number of alkyl halides is 3. The van der Waals surface area contributed by atoms with Crippen molar-refractivity contribution < 1.29 is 22.7 Å². The molecule has 3 nitrogen and oxygen atoms in total. The number of hydrogen-bond donors (Lipinski definition) is 0. The van der Waals surface area contributed by atoms with Gasteiger partial charge in [-0.2, -0.15) is 18.4 Å². The number of benzene rings is 2. The van der Waals surface area contributed by atoms with Gasteiger partial charge in [0.2, 0.25) is 0 Å². The van der Waals surface area contributed by atoms with Gasteiger partial charge >= 0.3 is 12.1 Å². The summed E-state index contributed by atoms with van der Waals surface area (Å²) in [6, 6.07) is 14.8. The van der Waals surface area contributed by atoms with E-state index in [1.807, 2.05) is 0 Å². The van der Waals surface area contributed by atoms with Crippen molar-refractivity contribution in [2.75, 3.05) is 0 Å². The summed E-state index contributed by atoms with van der Waals surface area (Å²) in [5.74, 6) is -0.890. The van der Waals surface area contributed by atoms with Gasteiger partial charge in [-0.1, -0.05) is 42.5 Å². The van der Waals surface area contributed by atoms with E-state index in [4.69, 9.17) is 10.00 Å². The Bertz CT molecular complexity index is 790. The highest BCUT2D eigenvalue weighted by Crippen LogP contribution is 2.30. The molecule has 0 radical (unpaired) electrons. The molecule has 0 saturated carbocycles. The quantitative estimate of drug-likeness (QED) is 0.475. The minimum Gasteiger partial charge on any atom is -0.457 e. The van der Waals surface area contributed by atoms with Crippen molar-refractivity contribution in [2.24, 2.45) is 0 Å². The van der Waals surface area contributed by atoms with Crippen molar-refractivity contribution in [3.05, 3.63) is 76.9 Å². The van der Waals surface area contributed by atoms with Crippen LogP contribution in [-0.2, 0) is 22.3 Å². The number of nitriles is 1. The fourth-order valence-corrected chi connectivity index (χ4v) is 1.91. The van der Waals surface area contributed by atoms with Gasteiger partial charge in [0.25, 0.3) is 0 Å². The van der Waals surface area contributed by atoms with Crippen LogP contribution >= 0.6 is 0 Å². The highest BCUT2D eigenvalue weighted by molar-refractivity contribution is 5.97. The molecule has 0 unspecified atom stereocenters. The molecule has 0 N–H and O–H groups in total. The van der Waals surface area contributed by atoms with Crippen molar-refractivity contribution in [3.8, 4) is 6.07 Å². The number of carbonyl (C=O) groups excluding carboxylic acids is 1. The molecular formula is C18H12F3NO2. The lowest BCUT2D eigenvalue weighted by atomic mass is 10.1. The molecular weight excluding hydrogens is 319 g/mol. The number of halogens is 3. The van der Waals surface area contributed by atoms with E-state index in [0.717, 1.165) is 23.8 Å². The Balaban J connectivity index is 2.14. The van der Waals surface area contributed by atoms with Crippen LogP contribution < -0.4 is 0 Å². The molecule has 6 heteroatoms. The predicted molar refractivity (Wildman–Crippen MR) is 81.3 cm³/mol. The summed E-state index contributed by atoms with van der Waals surface area (Å²) in [5.41, 5.74) is -0.392. The van der Waals surface area contributed by atoms with Crippen LogP contribution in [0.5, 0.6) is 0 Å². The number of rotatable bonds is 4. The number of ether oxygens (including phenoxy) is 1. The molecule has 0 amide bonds. The molecule has 0 spiro atoms. The van der Waals surface area contributed by atoms with Crippen molar-refractivity contribution in [1.29, 1.82) is 5.26 Å². The number of carbonyl (C=O) groups is 1. The summed E-state index contributed by atoms with van der Waals surface area (Å²) >= 11 is 0. The van der Waals surface area contributed by atoms with Crippen LogP contribution in [0.2, 0.25) is 0 Å². The Morgan fingerprint density at radius 3 is 2.46 bits per heavy atom. The second kappa shape index (κ2) is 7.47. The van der Waals surface area contributed by atoms with E-state index in [2.05, 4.69) is 0 Å². The van der Waals surface area contributed by atoms with E-state index in [9.17, 15) is 18.0 Å². The average Bonchev–Trinajstić information content (AvgIpc) is 2.58. The maximum Gasteiger partial charge on any atom is 0.416 e. The fraction of sp³-hybridized carbons (Fsp3) is 0.111. The molecule has 0 aliphatic carbocycles. The second-order valence-electron chi connectivity index (χ2n) is 4.85. The Labute approximate surface area is 136 Å². The van der Waals surface area contributed by atoms with Gasteiger partial charge in [-0.3, -0.25) is 0 Å². The summed E-state index contributed by atoms with van der Waals surface area (Å²) < 4.78 is 43.0. The third-order valence-electron chi connectivity index (χ3n) is 3.08. The lowest BCUT2D eigenvalue weighted by Gasteiger charge is -2.07. The van der Waals surface area contributed by atoms with E-state index < -0.39 is 17.7 Å². The minimum atomic E-state index is -4.50. The molecule has 0 aromatic heterocycles. The molecule has 2 aromatic carbocycles. The van der Waals surface area contributed by atoms with Gasteiger partial charge in [-0.05, 0) is 29.3 Å². The molecule has 122 valence electrons. The van der Waals surface area contributed by atoms with Gasteiger partial charge in [-0.15, -0.1) is 0 Å². The van der Waals surface area contributed by atoms with Crippen LogP contribution in [0.4, 0.5) is 13.2 Å². The lowest BCUT2D eigenvalue weighted by molar-refractivity contribution is -0.139. The third kappa shape index (κ3) is 4.71. The van der Waals surface area contributed by atoms with E-state index in [1.54, 1.807) is 36.4 Å². The van der Waals surface area contributed by atoms with Gasteiger partial charge in [-0.25, -0.2) is 4.79 Å². The van der Waals surface area contributed by atoms with E-state index >= 15 is 0 Å². The normalized spacial score (nSPS) is 11.7. The Morgan fingerprint density at radius 2 is 1.83 bits per heavy atom. The highest BCUT2D eigenvalue weighted by Gasteiger charge is 2.30. The first-order chi connectivity index (χ1) is 11.4. The van der Waals surface area contributed by atoms with Gasteiger partial charge in [0.1, 0.15) is 18.2 Å². The average molecular weight is 331 g/mol. The summed E-state index contributed by atoms with van der Waals surface area (Å²) in [7, 11) is 0. The largest absolute Gasteiger partial charge is 0.457 e. The van der Waals surface area contributed by atoms with Crippen LogP contribution in [-0.4, -0.2) is 5.97 Å². The summed E-state index contributed by atoms with van der Waals surface area (Å²) in [5, 5.41) is 9.04. The minimum absolute atomic E-state index is 0.0265. The molecule has 0 aliphatic rings. The monoisotopic (exact) mass is 331 g/mol. The molecule has 2 aromatic rings. The molecule has 0 fully saturated rings. The first-order valence-electron chi connectivity index (χ1n) is 6.90. The van der Waals surface area contributed by atoms with Crippen LogP contribution in [0.25, 0.3) is 6.08 Å². The zero-order valence-electron chi connectivity index (χ0n) is 12.4. The number of esters is 1. The predicted octanol–water partition coefficient (Wildman–Crippen LogP) is 4.36. The molecule has 0 atom stereocenters. The van der Waals surface area contributed by atoms with E-state index in [1.165, 1.54) is 12.1 Å². The summed E-state index contributed by atoms with van der Waals surface area (Å²) in [6.07, 6.45) is -3.42. The van der Waals surface area contributed by atoms with Crippen molar-refractivity contribution in [3.63, 3.8) is 0 Å². The standard InChI is InChI=1S/C18H12F3NO2/c19-18(20,21)16-8-4-7-14(10-16)9-15(11-22)17(23)24-12-13-5-2-1-3-6-13/h1-10H,12H2. The Kier molecular flexibility index (Phi) is 5.38. The smallest absolute Gasteiger partial charge is 0.416 e. The van der Waals surface area contributed by atoms with Crippen molar-refractivity contribution in [1.82, 2.24) is 0 Å². The van der Waals surface area contributed by atoms with Gasteiger partial charge in [0, 0.05) is 0 Å².